The zero-order chi connectivity index (χ0) is 10.8. The van der Waals surface area contributed by atoms with Crippen LogP contribution in [0.15, 0.2) is 30.3 Å². The van der Waals surface area contributed by atoms with Gasteiger partial charge in [-0.3, -0.25) is 0 Å². The van der Waals surface area contributed by atoms with E-state index in [1.165, 1.54) is 23.4 Å². The Morgan fingerprint density at radius 2 is 1.36 bits per heavy atom. The van der Waals surface area contributed by atoms with Crippen LogP contribution in [0.3, 0.4) is 0 Å². The molecule has 0 aromatic heterocycles. The third-order valence-corrected chi connectivity index (χ3v) is 6.38. The number of rotatable bonds is 3. The van der Waals surface area contributed by atoms with Crippen LogP contribution in [0.5, 0.6) is 0 Å². The summed E-state index contributed by atoms with van der Waals surface area (Å²) < 4.78 is 0. The van der Waals surface area contributed by atoms with E-state index in [9.17, 15) is 0 Å². The third-order valence-electron chi connectivity index (χ3n) is 2.53. The highest BCUT2D eigenvalue weighted by Gasteiger charge is 1.98. The molecule has 80 valence electrons. The van der Waals surface area contributed by atoms with Gasteiger partial charge in [0.25, 0.3) is 0 Å². The average molecular weight is 226 g/mol. The molecule has 0 heterocycles. The van der Waals surface area contributed by atoms with Crippen molar-refractivity contribution in [3.8, 4) is 0 Å². The molecule has 1 rings (SSSR count). The van der Waals surface area contributed by atoms with E-state index in [1.807, 2.05) is 30.3 Å². The highest BCUT2D eigenvalue weighted by molar-refractivity contribution is 7.27. The lowest BCUT2D eigenvalue weighted by molar-refractivity contribution is 1.24. The molecule has 0 aliphatic rings. The third kappa shape index (κ3) is 7.29. The predicted molar refractivity (Wildman–Crippen MR) is 74.4 cm³/mol. The molecule has 1 unspecified atom stereocenters. The number of hydrogen-bond donors (Lipinski definition) is 0. The van der Waals surface area contributed by atoms with Crippen LogP contribution in [0.4, 0.5) is 0 Å². The average Bonchev–Trinajstić information content (AvgIpc) is 2.22. The molecule has 0 N–H and O–H groups in total. The number of hydrogen-bond acceptors (Lipinski definition) is 0. The van der Waals surface area contributed by atoms with Gasteiger partial charge in [0.15, 0.2) is 0 Å². The molecule has 1 aromatic rings. The van der Waals surface area contributed by atoms with Crippen LogP contribution < -0.4 is 5.30 Å². The maximum absolute atomic E-state index is 2.63. The summed E-state index contributed by atoms with van der Waals surface area (Å²) in [5.41, 5.74) is 0. The second kappa shape index (κ2) is 9.42. The normalized spacial score (nSPS) is 9.50. The molecule has 0 spiro atoms. The Morgan fingerprint density at radius 1 is 0.929 bits per heavy atom. The summed E-state index contributed by atoms with van der Waals surface area (Å²) in [5, 5.41) is 1.24. The first-order valence-corrected chi connectivity index (χ1v) is 8.57. The second-order valence-electron chi connectivity index (χ2n) is 3.50. The molecule has 0 nitrogen and oxygen atoms in total. The van der Waals surface area contributed by atoms with Gasteiger partial charge in [-0.25, -0.2) is 0 Å². The van der Waals surface area contributed by atoms with Gasteiger partial charge in [0.2, 0.25) is 0 Å². The summed E-state index contributed by atoms with van der Waals surface area (Å²) in [6.07, 6.45) is 0. The highest BCUT2D eigenvalue weighted by Crippen LogP contribution is 2.01. The van der Waals surface area contributed by atoms with E-state index in [2.05, 4.69) is 30.0 Å². The Labute approximate surface area is 92.9 Å². The van der Waals surface area contributed by atoms with Gasteiger partial charge in [-0.2, -0.15) is 0 Å². The van der Waals surface area contributed by atoms with Crippen LogP contribution in [0.1, 0.15) is 20.8 Å². The fourth-order valence-electron chi connectivity index (χ4n) is 1.32. The largest absolute Gasteiger partial charge is 0.106 e. The monoisotopic (exact) mass is 226 g/mol. The Bertz CT molecular complexity index is 201. The van der Waals surface area contributed by atoms with E-state index in [0.717, 1.165) is 0 Å². The highest BCUT2D eigenvalue weighted by atomic mass is 31.0. The molecular formula is C12H23PSi. The van der Waals surface area contributed by atoms with Crippen molar-refractivity contribution >= 4 is 23.3 Å². The molecule has 0 aliphatic heterocycles. The van der Waals surface area contributed by atoms with Crippen molar-refractivity contribution in [2.24, 2.45) is 0 Å². The molecule has 0 radical (unpaired) electrons. The maximum atomic E-state index is 2.63. The summed E-state index contributed by atoms with van der Waals surface area (Å²) in [6, 6.07) is 14.6. The maximum Gasteiger partial charge on any atom is 0.0359 e. The van der Waals surface area contributed by atoms with Crippen LogP contribution in [0, 0.1) is 0 Å². The van der Waals surface area contributed by atoms with E-state index in [-0.39, 0.29) is 8.80 Å². The lowest BCUT2D eigenvalue weighted by Crippen LogP contribution is -2.04. The molecule has 1 atom stereocenters. The lowest BCUT2D eigenvalue weighted by atomic mass is 10.4. The molecule has 2 heteroatoms. The van der Waals surface area contributed by atoms with E-state index in [1.54, 1.807) is 0 Å². The summed E-state index contributed by atoms with van der Waals surface area (Å²) >= 11 is 0. The molecule has 0 bridgehead atoms. The van der Waals surface area contributed by atoms with E-state index >= 15 is 0 Å². The van der Waals surface area contributed by atoms with Crippen LogP contribution in [0.2, 0.25) is 18.1 Å². The zero-order valence-corrected chi connectivity index (χ0v) is 12.0. The fraction of sp³-hybridized carbons (Fsp3) is 0.500. The first-order valence-electron chi connectivity index (χ1n) is 5.55. The van der Waals surface area contributed by atoms with Gasteiger partial charge >= 0.3 is 0 Å². The Hall–Kier alpha value is -0.133. The first kappa shape index (κ1) is 13.9. The molecule has 0 fully saturated rings. The van der Waals surface area contributed by atoms with Crippen LogP contribution in [-0.4, -0.2) is 8.80 Å². The van der Waals surface area contributed by atoms with Crippen molar-refractivity contribution in [1.29, 1.82) is 0 Å². The Morgan fingerprint density at radius 3 is 1.50 bits per heavy atom. The van der Waals surface area contributed by atoms with Crippen molar-refractivity contribution in [3.05, 3.63) is 30.3 Å². The van der Waals surface area contributed by atoms with Crippen LogP contribution in [0.25, 0.3) is 0 Å². The summed E-state index contributed by atoms with van der Waals surface area (Å²) in [6.45, 7) is 6.97. The molecule has 0 aliphatic carbocycles. The number of benzene rings is 1. The van der Waals surface area contributed by atoms with Gasteiger partial charge in [-0.15, -0.1) is 9.24 Å². The standard InChI is InChI=1S/C6H7P.C6H16Si/c7-6-4-2-1-3-5-6;1-4-7(5-2)6-3/h1-5H,7H2;7H,4-6H2,1-3H3. The first-order chi connectivity index (χ1) is 6.74. The summed E-state index contributed by atoms with van der Waals surface area (Å²) in [7, 11) is 2.46. The van der Waals surface area contributed by atoms with Gasteiger partial charge in [-0.05, 0) is 5.30 Å². The van der Waals surface area contributed by atoms with Gasteiger partial charge in [0.05, 0.1) is 0 Å². The summed E-state index contributed by atoms with van der Waals surface area (Å²) in [4.78, 5) is 0. The quantitative estimate of drug-likeness (QED) is 0.547. The molecule has 0 saturated carbocycles. The molecule has 14 heavy (non-hydrogen) atoms. The predicted octanol–water partition coefficient (Wildman–Crippen LogP) is 3.46. The van der Waals surface area contributed by atoms with Crippen molar-refractivity contribution < 1.29 is 0 Å². The van der Waals surface area contributed by atoms with Gasteiger partial charge in [0.1, 0.15) is 0 Å². The van der Waals surface area contributed by atoms with E-state index in [4.69, 9.17) is 0 Å². The van der Waals surface area contributed by atoms with Crippen molar-refractivity contribution in [2.75, 3.05) is 0 Å². The van der Waals surface area contributed by atoms with Gasteiger partial charge in [0, 0.05) is 8.80 Å². The van der Waals surface area contributed by atoms with Crippen molar-refractivity contribution in [2.45, 2.75) is 38.9 Å². The smallest absolute Gasteiger partial charge is 0.0359 e. The second-order valence-corrected chi connectivity index (χ2v) is 8.35. The van der Waals surface area contributed by atoms with Crippen molar-refractivity contribution in [1.82, 2.24) is 0 Å². The van der Waals surface area contributed by atoms with Crippen LogP contribution in [-0.2, 0) is 0 Å². The van der Waals surface area contributed by atoms with Crippen LogP contribution >= 0.6 is 9.24 Å². The topological polar surface area (TPSA) is 0 Å². The Balaban J connectivity index is 0.000000241. The SMILES string of the molecule is CC[SiH](CC)CC.Pc1ccccc1. The minimum absolute atomic E-state index is 0.171. The fourth-order valence-corrected chi connectivity index (χ4v) is 3.27. The van der Waals surface area contributed by atoms with E-state index in [0.29, 0.717) is 0 Å². The van der Waals surface area contributed by atoms with Gasteiger partial charge < -0.3 is 0 Å². The Kier molecular flexibility index (Phi) is 9.33. The molecule has 0 amide bonds. The van der Waals surface area contributed by atoms with Gasteiger partial charge in [-0.1, -0.05) is 69.2 Å². The zero-order valence-electron chi connectivity index (χ0n) is 9.66. The molecule has 1 aromatic carbocycles. The van der Waals surface area contributed by atoms with Crippen molar-refractivity contribution in [3.63, 3.8) is 0 Å². The minimum atomic E-state index is -0.171. The minimum Gasteiger partial charge on any atom is -0.106 e. The molecular weight excluding hydrogens is 203 g/mol. The summed E-state index contributed by atoms with van der Waals surface area (Å²) in [5.74, 6) is 0. The molecule has 0 saturated heterocycles. The van der Waals surface area contributed by atoms with E-state index < -0.39 is 0 Å². The lowest BCUT2D eigenvalue weighted by Gasteiger charge is -2.03.